The lowest BCUT2D eigenvalue weighted by atomic mass is 9.92. The Balaban J connectivity index is 2.03. The fourth-order valence-corrected chi connectivity index (χ4v) is 5.26. The molecule has 8 nitrogen and oxygen atoms in total. The van der Waals surface area contributed by atoms with E-state index < -0.39 is 44.3 Å². The lowest BCUT2D eigenvalue weighted by molar-refractivity contribution is 0.101. The maximum Gasteiger partial charge on any atom is 0.274 e. The molecule has 1 aliphatic rings. The molecule has 1 aromatic carbocycles. The number of carbonyl (C=O) groups is 1. The number of amides is 1. The van der Waals surface area contributed by atoms with Crippen molar-refractivity contribution in [2.24, 2.45) is 10.7 Å². The highest BCUT2D eigenvalue weighted by atomic mass is 35.5. The van der Waals surface area contributed by atoms with E-state index in [-0.39, 0.29) is 29.4 Å². The van der Waals surface area contributed by atoms with Gasteiger partial charge in [0.1, 0.15) is 34.3 Å². The number of hydrogen-bond donors (Lipinski definition) is 2. The second kappa shape index (κ2) is 8.96. The van der Waals surface area contributed by atoms with Gasteiger partial charge in [0.05, 0.1) is 17.4 Å². The highest BCUT2D eigenvalue weighted by Gasteiger charge is 2.52. The van der Waals surface area contributed by atoms with E-state index >= 15 is 0 Å². The molecular formula is C21H23ClF2N4O4S. The summed E-state index contributed by atoms with van der Waals surface area (Å²) in [6, 6.07) is 4.91. The first-order valence-electron chi connectivity index (χ1n) is 9.75. The highest BCUT2D eigenvalue weighted by molar-refractivity contribution is 7.93. The highest BCUT2D eigenvalue weighted by Crippen LogP contribution is 2.39. The number of nitrogens with zero attached hydrogens (tertiary/aromatic N) is 2. The second-order valence-electron chi connectivity index (χ2n) is 8.17. The number of nitrogens with two attached hydrogens (primary N) is 1. The predicted octanol–water partition coefficient (Wildman–Crippen LogP) is 3.00. The second-order valence-corrected chi connectivity index (χ2v) is 11.1. The van der Waals surface area contributed by atoms with Gasteiger partial charge >= 0.3 is 0 Å². The van der Waals surface area contributed by atoms with Gasteiger partial charge in [0.15, 0.2) is 9.84 Å². The molecule has 1 aromatic heterocycles. The van der Waals surface area contributed by atoms with Crippen molar-refractivity contribution >= 4 is 38.9 Å². The molecule has 2 aromatic rings. The Labute approximate surface area is 195 Å². The van der Waals surface area contributed by atoms with Crippen LogP contribution in [0.25, 0.3) is 0 Å². The van der Waals surface area contributed by atoms with Crippen LogP contribution >= 0.6 is 11.6 Å². The van der Waals surface area contributed by atoms with Gasteiger partial charge in [-0.1, -0.05) is 11.6 Å². The monoisotopic (exact) mass is 500 g/mol. The standard InChI is InChI=1S/C21H23ClF2N4O4S/c1-20(2)19(25)28-21(10-23,11-33(20,30)31)15-7-14(4-5-16(15)24)27-18(29)17-12(9-32-3)6-13(22)8-26-17/h4-8H,9-11H2,1-3H3,(H2,25,28)(H,27,29)/t21-/m0/s1. The Bertz CT molecular complexity index is 1240. The van der Waals surface area contributed by atoms with Crippen LogP contribution in [-0.2, 0) is 26.7 Å². The summed E-state index contributed by atoms with van der Waals surface area (Å²) in [6.45, 7) is 1.46. The molecular weight excluding hydrogens is 478 g/mol. The van der Waals surface area contributed by atoms with Crippen molar-refractivity contribution in [3.63, 3.8) is 0 Å². The fourth-order valence-electron chi connectivity index (χ4n) is 3.43. The molecule has 2 heterocycles. The molecule has 0 fully saturated rings. The Hall–Kier alpha value is -2.63. The summed E-state index contributed by atoms with van der Waals surface area (Å²) in [4.78, 5) is 20.9. The van der Waals surface area contributed by atoms with E-state index in [1.54, 1.807) is 0 Å². The predicted molar refractivity (Wildman–Crippen MR) is 121 cm³/mol. The molecule has 0 unspecified atom stereocenters. The van der Waals surface area contributed by atoms with E-state index in [1.165, 1.54) is 39.3 Å². The number of aliphatic imine (C=N–C) groups is 1. The maximum absolute atomic E-state index is 14.8. The quantitative estimate of drug-likeness (QED) is 0.628. The molecule has 0 spiro atoms. The van der Waals surface area contributed by atoms with Crippen LogP contribution in [0.5, 0.6) is 0 Å². The molecule has 3 N–H and O–H groups in total. The number of methoxy groups -OCH3 is 1. The molecule has 12 heteroatoms. The van der Waals surface area contributed by atoms with Crippen LogP contribution in [0.4, 0.5) is 14.5 Å². The molecule has 3 rings (SSSR count). The van der Waals surface area contributed by atoms with E-state index in [1.807, 2.05) is 0 Å². The number of alkyl halides is 1. The SMILES string of the molecule is COCc1cc(Cl)cnc1C(=O)Nc1ccc(F)c([C@]2(CF)CS(=O)(=O)C(C)(C)C(N)=N2)c1. The first-order valence-corrected chi connectivity index (χ1v) is 11.8. The van der Waals surface area contributed by atoms with E-state index in [4.69, 9.17) is 22.1 Å². The molecule has 1 aliphatic heterocycles. The van der Waals surface area contributed by atoms with Gasteiger partial charge in [0.25, 0.3) is 5.91 Å². The zero-order valence-electron chi connectivity index (χ0n) is 18.2. The Kier molecular flexibility index (Phi) is 6.79. The number of halogens is 3. The van der Waals surface area contributed by atoms with E-state index in [0.717, 1.165) is 12.1 Å². The van der Waals surface area contributed by atoms with Crippen LogP contribution in [0.15, 0.2) is 35.5 Å². The number of aromatic nitrogens is 1. The normalized spacial score (nSPS) is 21.3. The van der Waals surface area contributed by atoms with Crippen LogP contribution in [-0.4, -0.2) is 49.4 Å². The Morgan fingerprint density at radius 3 is 2.64 bits per heavy atom. The van der Waals surface area contributed by atoms with Gasteiger partial charge in [-0.3, -0.25) is 9.79 Å². The van der Waals surface area contributed by atoms with Crippen molar-refractivity contribution in [3.05, 3.63) is 58.1 Å². The van der Waals surface area contributed by atoms with Gasteiger partial charge in [-0.15, -0.1) is 0 Å². The largest absolute Gasteiger partial charge is 0.386 e. The third kappa shape index (κ3) is 4.57. The molecule has 0 aliphatic carbocycles. The molecule has 178 valence electrons. The van der Waals surface area contributed by atoms with Crippen LogP contribution in [0.1, 0.15) is 35.5 Å². The van der Waals surface area contributed by atoms with Gasteiger partial charge < -0.3 is 15.8 Å². The molecule has 0 saturated carbocycles. The number of nitrogens with one attached hydrogen (secondary N) is 1. The lowest BCUT2D eigenvalue weighted by Crippen LogP contribution is -2.56. The first-order chi connectivity index (χ1) is 15.4. The number of amidine groups is 1. The molecule has 0 radical (unpaired) electrons. The van der Waals surface area contributed by atoms with E-state index in [2.05, 4.69) is 15.3 Å². The van der Waals surface area contributed by atoms with Gasteiger partial charge in [0, 0.05) is 30.1 Å². The summed E-state index contributed by atoms with van der Waals surface area (Å²) in [7, 11) is -2.53. The van der Waals surface area contributed by atoms with Gasteiger partial charge in [-0.2, -0.15) is 0 Å². The van der Waals surface area contributed by atoms with Gasteiger partial charge in [0.2, 0.25) is 0 Å². The van der Waals surface area contributed by atoms with Crippen molar-refractivity contribution in [1.82, 2.24) is 4.98 Å². The maximum atomic E-state index is 14.8. The van der Waals surface area contributed by atoms with Crippen molar-refractivity contribution in [2.75, 3.05) is 24.9 Å². The lowest BCUT2D eigenvalue weighted by Gasteiger charge is -2.38. The molecule has 1 atom stereocenters. The van der Waals surface area contributed by atoms with Crippen LogP contribution in [0.3, 0.4) is 0 Å². The number of ether oxygens (including phenoxy) is 1. The van der Waals surface area contributed by atoms with E-state index in [9.17, 15) is 22.0 Å². The third-order valence-electron chi connectivity index (χ3n) is 5.55. The summed E-state index contributed by atoms with van der Waals surface area (Å²) >= 11 is 5.93. The molecule has 1 amide bonds. The number of anilines is 1. The zero-order valence-corrected chi connectivity index (χ0v) is 19.7. The fraction of sp³-hybridized carbons (Fsp3) is 0.381. The summed E-state index contributed by atoms with van der Waals surface area (Å²) in [5, 5.41) is 2.86. The summed E-state index contributed by atoms with van der Waals surface area (Å²) in [6.07, 6.45) is 1.29. The minimum absolute atomic E-state index is 0.0246. The smallest absolute Gasteiger partial charge is 0.274 e. The van der Waals surface area contributed by atoms with E-state index in [0.29, 0.717) is 10.6 Å². The van der Waals surface area contributed by atoms with Crippen molar-refractivity contribution in [3.8, 4) is 0 Å². The molecule has 33 heavy (non-hydrogen) atoms. The Morgan fingerprint density at radius 1 is 1.33 bits per heavy atom. The van der Waals surface area contributed by atoms with Crippen LogP contribution in [0.2, 0.25) is 5.02 Å². The van der Waals surface area contributed by atoms with Crippen molar-refractivity contribution in [1.29, 1.82) is 0 Å². The Morgan fingerprint density at radius 2 is 2.03 bits per heavy atom. The number of carbonyl (C=O) groups excluding carboxylic acids is 1. The number of pyridine rings is 1. The minimum atomic E-state index is -3.98. The van der Waals surface area contributed by atoms with Crippen molar-refractivity contribution in [2.45, 2.75) is 30.7 Å². The third-order valence-corrected chi connectivity index (χ3v) is 8.38. The number of benzene rings is 1. The molecule has 0 bridgehead atoms. The van der Waals surface area contributed by atoms with Crippen LogP contribution < -0.4 is 11.1 Å². The zero-order chi connectivity index (χ0) is 24.6. The summed E-state index contributed by atoms with van der Waals surface area (Å²) in [5.41, 5.74) is 3.97. The first kappa shape index (κ1) is 25.0. The minimum Gasteiger partial charge on any atom is -0.386 e. The topological polar surface area (TPSA) is 124 Å². The number of sulfone groups is 1. The number of hydrogen-bond acceptors (Lipinski definition) is 7. The van der Waals surface area contributed by atoms with Crippen LogP contribution in [0, 0.1) is 5.82 Å². The van der Waals surface area contributed by atoms with Crippen molar-refractivity contribution < 1.29 is 26.7 Å². The van der Waals surface area contributed by atoms with Gasteiger partial charge in [-0.05, 0) is 38.1 Å². The average molecular weight is 501 g/mol. The molecule has 0 saturated heterocycles. The number of rotatable bonds is 6. The summed E-state index contributed by atoms with van der Waals surface area (Å²) in [5.74, 6) is -2.64. The summed E-state index contributed by atoms with van der Waals surface area (Å²) < 4.78 is 58.2. The average Bonchev–Trinajstić information content (AvgIpc) is 2.73. The van der Waals surface area contributed by atoms with Gasteiger partial charge in [-0.25, -0.2) is 22.2 Å².